The number of carbonyl (C=O) groups is 1. The van der Waals surface area contributed by atoms with Gasteiger partial charge in [0.25, 0.3) is 5.69 Å². The Kier molecular flexibility index (Phi) is 5.13. The van der Waals surface area contributed by atoms with Gasteiger partial charge in [-0.2, -0.15) is 5.10 Å². The Balaban J connectivity index is 2.04. The predicted molar refractivity (Wildman–Crippen MR) is 91.3 cm³/mol. The van der Waals surface area contributed by atoms with Gasteiger partial charge in [0.2, 0.25) is 5.91 Å². The molecule has 1 aromatic heterocycles. The number of nitro groups is 1. The van der Waals surface area contributed by atoms with E-state index >= 15 is 0 Å². The van der Waals surface area contributed by atoms with E-state index in [0.717, 1.165) is 22.5 Å². The Labute approximate surface area is 140 Å². The molecule has 0 aliphatic carbocycles. The van der Waals surface area contributed by atoms with Gasteiger partial charge < -0.3 is 4.90 Å². The molecule has 0 N–H and O–H groups in total. The Morgan fingerprint density at radius 3 is 2.46 bits per heavy atom. The monoisotopic (exact) mass is 328 g/mol. The van der Waals surface area contributed by atoms with Crippen molar-refractivity contribution in [2.24, 2.45) is 7.05 Å². The van der Waals surface area contributed by atoms with Crippen molar-refractivity contribution in [1.82, 2.24) is 14.7 Å². The molecule has 0 saturated carbocycles. The van der Waals surface area contributed by atoms with Gasteiger partial charge in [-0.15, -0.1) is 0 Å². The highest BCUT2D eigenvalue weighted by Gasteiger charge is 2.13. The van der Waals surface area contributed by atoms with E-state index in [4.69, 9.17) is 0 Å². The molecular weight excluding hydrogens is 308 g/mol. The minimum absolute atomic E-state index is 0.0260. The first-order chi connectivity index (χ1) is 11.3. The highest BCUT2D eigenvalue weighted by atomic mass is 16.6. The molecule has 0 bridgehead atoms. The number of aromatic nitrogens is 2. The number of nitro benzene ring substituents is 1. The van der Waals surface area contributed by atoms with Crippen molar-refractivity contribution >= 4 is 17.7 Å². The zero-order valence-electron chi connectivity index (χ0n) is 14.2. The average Bonchev–Trinajstić information content (AvgIpc) is 2.79. The van der Waals surface area contributed by atoms with Crippen LogP contribution in [0.4, 0.5) is 5.69 Å². The molecule has 0 fully saturated rings. The maximum Gasteiger partial charge on any atom is 0.269 e. The number of hydrogen-bond donors (Lipinski definition) is 0. The lowest BCUT2D eigenvalue weighted by Crippen LogP contribution is -2.24. The molecular formula is C17H20N4O3. The minimum Gasteiger partial charge on any atom is -0.338 e. The third-order valence-corrected chi connectivity index (χ3v) is 3.95. The van der Waals surface area contributed by atoms with E-state index in [-0.39, 0.29) is 11.6 Å². The lowest BCUT2D eigenvalue weighted by molar-refractivity contribution is -0.384. The summed E-state index contributed by atoms with van der Waals surface area (Å²) in [6.07, 6.45) is 3.10. The molecule has 126 valence electrons. The van der Waals surface area contributed by atoms with Crippen LogP contribution in [0.5, 0.6) is 0 Å². The van der Waals surface area contributed by atoms with Crippen LogP contribution in [-0.4, -0.2) is 32.6 Å². The number of aryl methyl sites for hydroxylation is 2. The predicted octanol–water partition coefficient (Wildman–Crippen LogP) is 2.62. The van der Waals surface area contributed by atoms with E-state index in [0.29, 0.717) is 6.54 Å². The number of non-ortho nitro benzene ring substituents is 1. The van der Waals surface area contributed by atoms with Crippen LogP contribution in [0.25, 0.3) is 6.08 Å². The van der Waals surface area contributed by atoms with Crippen molar-refractivity contribution in [1.29, 1.82) is 0 Å². The first kappa shape index (κ1) is 17.4. The molecule has 1 aromatic carbocycles. The minimum atomic E-state index is -0.453. The summed E-state index contributed by atoms with van der Waals surface area (Å²) < 4.78 is 1.80. The molecule has 1 heterocycles. The number of likely N-dealkylation sites (N-methyl/N-ethyl adjacent to an activating group) is 1. The van der Waals surface area contributed by atoms with Gasteiger partial charge in [0, 0.05) is 50.1 Å². The van der Waals surface area contributed by atoms with Gasteiger partial charge >= 0.3 is 0 Å². The molecule has 0 radical (unpaired) electrons. The largest absolute Gasteiger partial charge is 0.338 e. The van der Waals surface area contributed by atoms with Gasteiger partial charge in [-0.05, 0) is 37.6 Å². The van der Waals surface area contributed by atoms with Crippen molar-refractivity contribution in [3.05, 3.63) is 63.0 Å². The SMILES string of the molecule is Cc1nn(C)c(C)c1CN(C)C(=O)/C=C/c1ccc([N+](=O)[O-])cc1. The number of hydrogen-bond acceptors (Lipinski definition) is 4. The maximum atomic E-state index is 12.2. The van der Waals surface area contributed by atoms with Gasteiger partial charge in [-0.25, -0.2) is 0 Å². The fourth-order valence-electron chi connectivity index (χ4n) is 2.36. The Morgan fingerprint density at radius 1 is 1.33 bits per heavy atom. The summed E-state index contributed by atoms with van der Waals surface area (Å²) in [6, 6.07) is 6.04. The van der Waals surface area contributed by atoms with Crippen LogP contribution in [0.3, 0.4) is 0 Å². The van der Waals surface area contributed by atoms with Crippen molar-refractivity contribution in [2.45, 2.75) is 20.4 Å². The quantitative estimate of drug-likeness (QED) is 0.480. The van der Waals surface area contributed by atoms with Crippen molar-refractivity contribution in [3.8, 4) is 0 Å². The molecule has 24 heavy (non-hydrogen) atoms. The average molecular weight is 328 g/mol. The lowest BCUT2D eigenvalue weighted by Gasteiger charge is -2.15. The van der Waals surface area contributed by atoms with E-state index in [1.165, 1.54) is 18.2 Å². The summed E-state index contributed by atoms with van der Waals surface area (Å²) in [7, 11) is 3.61. The van der Waals surface area contributed by atoms with Gasteiger partial charge in [0.05, 0.1) is 10.6 Å². The first-order valence-corrected chi connectivity index (χ1v) is 7.46. The topological polar surface area (TPSA) is 81.3 Å². The molecule has 7 nitrogen and oxygen atoms in total. The normalized spacial score (nSPS) is 11.0. The highest BCUT2D eigenvalue weighted by molar-refractivity contribution is 5.91. The third-order valence-electron chi connectivity index (χ3n) is 3.95. The smallest absolute Gasteiger partial charge is 0.269 e. The lowest BCUT2D eigenvalue weighted by atomic mass is 10.1. The van der Waals surface area contributed by atoms with Gasteiger partial charge in [0.15, 0.2) is 0 Å². The van der Waals surface area contributed by atoms with E-state index in [1.54, 1.807) is 34.8 Å². The van der Waals surface area contributed by atoms with Gasteiger partial charge in [0.1, 0.15) is 0 Å². The fraction of sp³-hybridized carbons (Fsp3) is 0.294. The summed E-state index contributed by atoms with van der Waals surface area (Å²) in [6.45, 7) is 4.38. The van der Waals surface area contributed by atoms with Crippen LogP contribution in [0.1, 0.15) is 22.5 Å². The second-order valence-corrected chi connectivity index (χ2v) is 5.65. The van der Waals surface area contributed by atoms with Crippen LogP contribution >= 0.6 is 0 Å². The van der Waals surface area contributed by atoms with Crippen molar-refractivity contribution < 1.29 is 9.72 Å². The summed E-state index contributed by atoms with van der Waals surface area (Å²) in [5.41, 5.74) is 3.74. The van der Waals surface area contributed by atoms with E-state index in [9.17, 15) is 14.9 Å². The Hall–Kier alpha value is -2.96. The summed E-state index contributed by atoms with van der Waals surface area (Å²) in [5, 5.41) is 15.0. The number of rotatable bonds is 5. The second kappa shape index (κ2) is 7.08. The van der Waals surface area contributed by atoms with Crippen LogP contribution in [0.15, 0.2) is 30.3 Å². The fourth-order valence-corrected chi connectivity index (χ4v) is 2.36. The third kappa shape index (κ3) is 3.87. The zero-order valence-corrected chi connectivity index (χ0v) is 14.2. The second-order valence-electron chi connectivity index (χ2n) is 5.65. The van der Waals surface area contributed by atoms with Gasteiger partial charge in [-0.3, -0.25) is 19.6 Å². The van der Waals surface area contributed by atoms with Crippen LogP contribution in [-0.2, 0) is 18.4 Å². The number of carbonyl (C=O) groups excluding carboxylic acids is 1. The first-order valence-electron chi connectivity index (χ1n) is 7.46. The molecule has 7 heteroatoms. The molecule has 0 unspecified atom stereocenters. The zero-order chi connectivity index (χ0) is 17.9. The number of amides is 1. The van der Waals surface area contributed by atoms with Crippen LogP contribution in [0.2, 0.25) is 0 Å². The van der Waals surface area contributed by atoms with Crippen LogP contribution < -0.4 is 0 Å². The molecule has 0 aliphatic heterocycles. The summed E-state index contributed by atoms with van der Waals surface area (Å²) in [5.74, 6) is -0.143. The molecule has 2 aromatic rings. The van der Waals surface area contributed by atoms with Crippen molar-refractivity contribution in [3.63, 3.8) is 0 Å². The standard InChI is InChI=1S/C17H20N4O3/c1-12-16(13(2)20(4)18-12)11-19(3)17(22)10-7-14-5-8-15(9-6-14)21(23)24/h5-10H,11H2,1-4H3/b10-7+. The van der Waals surface area contributed by atoms with Crippen LogP contribution in [0, 0.1) is 24.0 Å². The number of nitrogens with zero attached hydrogens (tertiary/aromatic N) is 4. The molecule has 0 saturated heterocycles. The summed E-state index contributed by atoms with van der Waals surface area (Å²) in [4.78, 5) is 24.0. The van der Waals surface area contributed by atoms with E-state index in [1.807, 2.05) is 20.9 Å². The molecule has 0 aliphatic rings. The molecule has 1 amide bonds. The maximum absolute atomic E-state index is 12.2. The Bertz CT molecular complexity index is 791. The van der Waals surface area contributed by atoms with E-state index in [2.05, 4.69) is 5.10 Å². The van der Waals surface area contributed by atoms with Crippen molar-refractivity contribution in [2.75, 3.05) is 7.05 Å². The number of benzene rings is 1. The molecule has 2 rings (SSSR count). The highest BCUT2D eigenvalue weighted by Crippen LogP contribution is 2.15. The molecule has 0 spiro atoms. The summed E-state index contributed by atoms with van der Waals surface area (Å²) >= 11 is 0. The van der Waals surface area contributed by atoms with E-state index < -0.39 is 4.92 Å². The van der Waals surface area contributed by atoms with Gasteiger partial charge in [-0.1, -0.05) is 0 Å². The molecule has 0 atom stereocenters. The Morgan fingerprint density at radius 2 is 1.96 bits per heavy atom.